The molecule has 0 aromatic rings. The number of hydrogen-bond donors (Lipinski definition) is 1. The SMILES string of the molecule is C1=CC=CCC=C1.CCN. The summed E-state index contributed by atoms with van der Waals surface area (Å²) in [5.74, 6) is 0. The van der Waals surface area contributed by atoms with Gasteiger partial charge in [0, 0.05) is 0 Å². The summed E-state index contributed by atoms with van der Waals surface area (Å²) in [6, 6.07) is 0. The lowest BCUT2D eigenvalue weighted by Crippen LogP contribution is -1.87. The van der Waals surface area contributed by atoms with E-state index in [1.807, 2.05) is 19.1 Å². The van der Waals surface area contributed by atoms with Crippen molar-refractivity contribution in [2.75, 3.05) is 6.54 Å². The summed E-state index contributed by atoms with van der Waals surface area (Å²) < 4.78 is 0. The lowest BCUT2D eigenvalue weighted by molar-refractivity contribution is 1.14. The molecule has 0 aliphatic heterocycles. The van der Waals surface area contributed by atoms with Crippen LogP contribution in [0.5, 0.6) is 0 Å². The molecule has 0 unspecified atom stereocenters. The molecule has 0 bridgehead atoms. The van der Waals surface area contributed by atoms with E-state index in [0.29, 0.717) is 0 Å². The Kier molecular flexibility index (Phi) is 7.51. The molecular weight excluding hydrogens is 122 g/mol. The molecule has 1 heteroatoms. The zero-order valence-electron chi connectivity index (χ0n) is 6.46. The molecule has 1 aliphatic carbocycles. The van der Waals surface area contributed by atoms with Crippen LogP contribution in [-0.4, -0.2) is 6.54 Å². The second-order valence-corrected chi connectivity index (χ2v) is 1.89. The van der Waals surface area contributed by atoms with E-state index in [-0.39, 0.29) is 0 Å². The number of nitrogens with two attached hydrogens (primary N) is 1. The summed E-state index contributed by atoms with van der Waals surface area (Å²) >= 11 is 0. The maximum Gasteiger partial charge on any atom is -0.0106 e. The maximum absolute atomic E-state index is 4.85. The highest BCUT2D eigenvalue weighted by molar-refractivity contribution is 5.16. The third kappa shape index (κ3) is 7.18. The molecule has 0 saturated heterocycles. The highest BCUT2D eigenvalue weighted by atomic mass is 14.5. The summed E-state index contributed by atoms with van der Waals surface area (Å²) in [7, 11) is 0. The number of allylic oxidation sites excluding steroid dienone is 6. The van der Waals surface area contributed by atoms with Crippen molar-refractivity contribution in [3.05, 3.63) is 36.5 Å². The predicted octanol–water partition coefficient (Wildman–Crippen LogP) is 2.02. The van der Waals surface area contributed by atoms with Crippen LogP contribution in [0.1, 0.15) is 13.3 Å². The molecule has 1 aliphatic rings. The molecule has 0 radical (unpaired) electrons. The molecule has 0 atom stereocenters. The lowest BCUT2D eigenvalue weighted by atomic mass is 10.4. The monoisotopic (exact) mass is 137 g/mol. The Bertz CT molecular complexity index is 118. The average Bonchev–Trinajstić information content (AvgIpc) is 2.17. The normalized spacial score (nSPS) is 13.8. The van der Waals surface area contributed by atoms with Crippen molar-refractivity contribution >= 4 is 0 Å². The molecule has 2 N–H and O–H groups in total. The van der Waals surface area contributed by atoms with Gasteiger partial charge in [-0.15, -0.1) is 0 Å². The van der Waals surface area contributed by atoms with Gasteiger partial charge in [0.25, 0.3) is 0 Å². The molecule has 1 nitrogen and oxygen atoms in total. The fraction of sp³-hybridized carbons (Fsp3) is 0.333. The van der Waals surface area contributed by atoms with Crippen LogP contribution in [0.3, 0.4) is 0 Å². The molecule has 0 aromatic heterocycles. The topological polar surface area (TPSA) is 26.0 Å². The van der Waals surface area contributed by atoms with Crippen molar-refractivity contribution in [1.29, 1.82) is 0 Å². The Morgan fingerprint density at radius 2 is 1.50 bits per heavy atom. The van der Waals surface area contributed by atoms with E-state index in [4.69, 9.17) is 5.73 Å². The number of rotatable bonds is 0. The minimum Gasteiger partial charge on any atom is -0.331 e. The Balaban J connectivity index is 0.000000236. The van der Waals surface area contributed by atoms with E-state index in [1.54, 1.807) is 0 Å². The molecular formula is C9H15N. The van der Waals surface area contributed by atoms with Crippen LogP contribution >= 0.6 is 0 Å². The van der Waals surface area contributed by atoms with Crippen molar-refractivity contribution in [3.8, 4) is 0 Å². The summed E-state index contributed by atoms with van der Waals surface area (Å²) in [6.07, 6.45) is 13.5. The molecule has 0 fully saturated rings. The van der Waals surface area contributed by atoms with Gasteiger partial charge in [-0.2, -0.15) is 0 Å². The molecule has 0 amide bonds. The molecule has 0 spiro atoms. The first kappa shape index (κ1) is 9.18. The second-order valence-electron chi connectivity index (χ2n) is 1.89. The van der Waals surface area contributed by atoms with E-state index >= 15 is 0 Å². The van der Waals surface area contributed by atoms with E-state index in [2.05, 4.69) is 24.3 Å². The highest BCUT2D eigenvalue weighted by Gasteiger charge is 1.70. The third-order valence-corrected chi connectivity index (χ3v) is 0.878. The summed E-state index contributed by atoms with van der Waals surface area (Å²) in [4.78, 5) is 0. The minimum absolute atomic E-state index is 0.750. The van der Waals surface area contributed by atoms with Crippen molar-refractivity contribution in [2.24, 2.45) is 5.73 Å². The van der Waals surface area contributed by atoms with Gasteiger partial charge in [-0.3, -0.25) is 0 Å². The third-order valence-electron chi connectivity index (χ3n) is 0.878. The van der Waals surface area contributed by atoms with Gasteiger partial charge in [0.05, 0.1) is 0 Å². The van der Waals surface area contributed by atoms with Gasteiger partial charge in [0.2, 0.25) is 0 Å². The average molecular weight is 137 g/mol. The zero-order valence-corrected chi connectivity index (χ0v) is 6.46. The molecule has 56 valence electrons. The van der Waals surface area contributed by atoms with Gasteiger partial charge in [0.1, 0.15) is 0 Å². The largest absolute Gasteiger partial charge is 0.331 e. The standard InChI is InChI=1S/C7H8.C2H7N/c1-2-4-6-7-5-3-1;1-2-3/h1-6H,7H2;2-3H2,1H3. The van der Waals surface area contributed by atoms with E-state index < -0.39 is 0 Å². The van der Waals surface area contributed by atoms with Crippen LogP contribution < -0.4 is 5.73 Å². The minimum atomic E-state index is 0.750. The van der Waals surface area contributed by atoms with Gasteiger partial charge >= 0.3 is 0 Å². The van der Waals surface area contributed by atoms with Crippen molar-refractivity contribution in [2.45, 2.75) is 13.3 Å². The second kappa shape index (κ2) is 8.18. The fourth-order valence-electron chi connectivity index (χ4n) is 0.521. The van der Waals surface area contributed by atoms with Crippen LogP contribution in [0.25, 0.3) is 0 Å². The summed E-state index contributed by atoms with van der Waals surface area (Å²) in [5.41, 5.74) is 4.85. The first-order valence-electron chi connectivity index (χ1n) is 3.60. The summed E-state index contributed by atoms with van der Waals surface area (Å²) in [6.45, 7) is 2.65. The van der Waals surface area contributed by atoms with Crippen molar-refractivity contribution in [1.82, 2.24) is 0 Å². The Labute approximate surface area is 62.9 Å². The van der Waals surface area contributed by atoms with Crippen molar-refractivity contribution in [3.63, 3.8) is 0 Å². The molecule has 0 heterocycles. The van der Waals surface area contributed by atoms with Gasteiger partial charge in [0.15, 0.2) is 0 Å². The highest BCUT2D eigenvalue weighted by Crippen LogP contribution is 1.91. The smallest absolute Gasteiger partial charge is 0.0106 e. The lowest BCUT2D eigenvalue weighted by Gasteiger charge is -1.69. The Hall–Kier alpha value is -0.820. The van der Waals surface area contributed by atoms with E-state index in [1.165, 1.54) is 0 Å². The van der Waals surface area contributed by atoms with Crippen LogP contribution in [0.15, 0.2) is 36.5 Å². The van der Waals surface area contributed by atoms with Crippen LogP contribution in [0.2, 0.25) is 0 Å². The van der Waals surface area contributed by atoms with Crippen LogP contribution in [0.4, 0.5) is 0 Å². The fourth-order valence-corrected chi connectivity index (χ4v) is 0.521. The quantitative estimate of drug-likeness (QED) is 0.543. The maximum atomic E-state index is 4.85. The van der Waals surface area contributed by atoms with Gasteiger partial charge in [-0.05, 0) is 13.0 Å². The molecule has 0 aromatic carbocycles. The molecule has 10 heavy (non-hydrogen) atoms. The molecule has 1 rings (SSSR count). The first-order valence-corrected chi connectivity index (χ1v) is 3.60. The van der Waals surface area contributed by atoms with Gasteiger partial charge in [-0.25, -0.2) is 0 Å². The summed E-state index contributed by atoms with van der Waals surface area (Å²) in [5, 5.41) is 0. The first-order chi connectivity index (χ1) is 4.91. The Morgan fingerprint density at radius 3 is 1.90 bits per heavy atom. The van der Waals surface area contributed by atoms with Crippen molar-refractivity contribution < 1.29 is 0 Å². The Morgan fingerprint density at radius 1 is 1.10 bits per heavy atom. The van der Waals surface area contributed by atoms with E-state index in [9.17, 15) is 0 Å². The number of hydrogen-bond acceptors (Lipinski definition) is 1. The van der Waals surface area contributed by atoms with Gasteiger partial charge in [-0.1, -0.05) is 43.4 Å². The predicted molar refractivity (Wildman–Crippen MR) is 46.8 cm³/mol. The van der Waals surface area contributed by atoms with Crippen LogP contribution in [0, 0.1) is 0 Å². The zero-order chi connectivity index (χ0) is 7.66. The molecule has 0 saturated carbocycles. The van der Waals surface area contributed by atoms with Gasteiger partial charge < -0.3 is 5.73 Å². The van der Waals surface area contributed by atoms with E-state index in [0.717, 1.165) is 13.0 Å². The van der Waals surface area contributed by atoms with Crippen LogP contribution in [-0.2, 0) is 0 Å².